The van der Waals surface area contributed by atoms with Crippen LogP contribution in [-0.2, 0) is 4.79 Å². The second-order valence-electron chi connectivity index (χ2n) is 6.05. The van der Waals surface area contributed by atoms with Gasteiger partial charge in [-0.2, -0.15) is 0 Å². The quantitative estimate of drug-likeness (QED) is 0.477. The Morgan fingerprint density at radius 2 is 1.93 bits per heavy atom. The minimum absolute atomic E-state index is 0.118. The van der Waals surface area contributed by atoms with Crippen molar-refractivity contribution in [2.75, 3.05) is 39.2 Å². The van der Waals surface area contributed by atoms with Crippen LogP contribution < -0.4 is 14.8 Å². The highest BCUT2D eigenvalue weighted by molar-refractivity contribution is 6.30. The third-order valence-electron chi connectivity index (χ3n) is 3.94. The van der Waals surface area contributed by atoms with Crippen LogP contribution in [0.4, 0.5) is 11.4 Å². The molecule has 0 atom stereocenters. The van der Waals surface area contributed by atoms with Gasteiger partial charge in [0.15, 0.2) is 0 Å². The van der Waals surface area contributed by atoms with Gasteiger partial charge in [0.2, 0.25) is 5.91 Å². The molecule has 0 saturated carbocycles. The van der Waals surface area contributed by atoms with Crippen molar-refractivity contribution in [1.82, 2.24) is 4.90 Å². The third-order valence-corrected chi connectivity index (χ3v) is 4.20. The molecule has 1 N–H and O–H groups in total. The molecule has 150 valence electrons. The number of non-ortho nitro benzene ring substituents is 1. The summed E-state index contributed by atoms with van der Waals surface area (Å²) >= 11 is 5.83. The second kappa shape index (κ2) is 10.5. The van der Waals surface area contributed by atoms with E-state index in [2.05, 4.69) is 5.32 Å². The minimum atomic E-state index is -0.524. The summed E-state index contributed by atoms with van der Waals surface area (Å²) in [5, 5.41) is 14.2. The monoisotopic (exact) mass is 407 g/mol. The summed E-state index contributed by atoms with van der Waals surface area (Å²) in [6.45, 7) is 1.61. The first-order chi connectivity index (χ1) is 13.4. The van der Waals surface area contributed by atoms with Crippen LogP contribution >= 0.6 is 11.6 Å². The Kier molecular flexibility index (Phi) is 8.03. The maximum absolute atomic E-state index is 12.2. The predicted octanol–water partition coefficient (Wildman–Crippen LogP) is 3.60. The Hall–Kier alpha value is -2.84. The number of nitrogens with zero attached hydrogens (tertiary/aromatic N) is 2. The molecule has 1 amide bonds. The first-order valence-corrected chi connectivity index (χ1v) is 8.96. The number of methoxy groups -OCH3 is 1. The lowest BCUT2D eigenvalue weighted by Gasteiger charge is -2.17. The third kappa shape index (κ3) is 6.71. The van der Waals surface area contributed by atoms with Crippen LogP contribution in [0.25, 0.3) is 0 Å². The second-order valence-corrected chi connectivity index (χ2v) is 6.48. The van der Waals surface area contributed by atoms with Crippen LogP contribution in [0.5, 0.6) is 11.5 Å². The van der Waals surface area contributed by atoms with Gasteiger partial charge in [-0.1, -0.05) is 11.6 Å². The zero-order chi connectivity index (χ0) is 20.5. The number of nitro benzene ring substituents is 1. The molecular weight excluding hydrogens is 386 g/mol. The van der Waals surface area contributed by atoms with Crippen molar-refractivity contribution in [1.29, 1.82) is 0 Å². The largest absolute Gasteiger partial charge is 0.495 e. The zero-order valence-electron chi connectivity index (χ0n) is 15.7. The Morgan fingerprint density at radius 3 is 2.57 bits per heavy atom. The Morgan fingerprint density at radius 1 is 1.21 bits per heavy atom. The molecule has 0 saturated heterocycles. The maximum Gasteiger partial charge on any atom is 0.271 e. The standard InChI is InChI=1S/C19H22ClN3O5/c1-22(11-12-28-16-6-3-14(20)4-7-16)10-9-19(24)21-17-13-15(23(25)26)5-8-18(17)27-2/h3-8,13H,9-12H2,1-2H3,(H,21,24). The van der Waals surface area contributed by atoms with Gasteiger partial charge in [0, 0.05) is 36.7 Å². The number of nitro groups is 1. The van der Waals surface area contributed by atoms with E-state index in [9.17, 15) is 14.9 Å². The summed E-state index contributed by atoms with van der Waals surface area (Å²) in [4.78, 5) is 24.5. The number of amides is 1. The van der Waals surface area contributed by atoms with E-state index in [1.165, 1.54) is 25.3 Å². The summed E-state index contributed by atoms with van der Waals surface area (Å²) in [6.07, 6.45) is 0.225. The molecule has 28 heavy (non-hydrogen) atoms. The molecule has 0 aliphatic heterocycles. The van der Waals surface area contributed by atoms with Crippen LogP contribution in [0.2, 0.25) is 5.02 Å². The van der Waals surface area contributed by atoms with E-state index in [1.54, 1.807) is 24.3 Å². The van der Waals surface area contributed by atoms with Gasteiger partial charge in [0.25, 0.3) is 5.69 Å². The van der Waals surface area contributed by atoms with Gasteiger partial charge in [-0.25, -0.2) is 0 Å². The van der Waals surface area contributed by atoms with Crippen molar-refractivity contribution in [2.24, 2.45) is 0 Å². The van der Waals surface area contributed by atoms with E-state index in [0.717, 1.165) is 5.75 Å². The number of rotatable bonds is 10. The Bertz CT molecular complexity index is 814. The van der Waals surface area contributed by atoms with Gasteiger partial charge in [-0.15, -0.1) is 0 Å². The number of benzene rings is 2. The highest BCUT2D eigenvalue weighted by Gasteiger charge is 2.14. The van der Waals surface area contributed by atoms with E-state index in [0.29, 0.717) is 30.5 Å². The van der Waals surface area contributed by atoms with Gasteiger partial charge in [0.1, 0.15) is 18.1 Å². The molecule has 0 radical (unpaired) electrons. The van der Waals surface area contributed by atoms with E-state index in [1.807, 2.05) is 11.9 Å². The molecule has 0 heterocycles. The topological polar surface area (TPSA) is 93.9 Å². The summed E-state index contributed by atoms with van der Waals surface area (Å²) in [6, 6.07) is 11.2. The van der Waals surface area contributed by atoms with Crippen molar-refractivity contribution >= 4 is 28.9 Å². The molecule has 2 aromatic carbocycles. The number of ether oxygens (including phenoxy) is 2. The number of hydrogen-bond donors (Lipinski definition) is 1. The molecule has 0 unspecified atom stereocenters. The molecule has 0 fully saturated rings. The highest BCUT2D eigenvalue weighted by atomic mass is 35.5. The van der Waals surface area contributed by atoms with E-state index < -0.39 is 4.92 Å². The normalized spacial score (nSPS) is 10.6. The van der Waals surface area contributed by atoms with Crippen LogP contribution in [-0.4, -0.2) is 49.6 Å². The molecule has 2 rings (SSSR count). The van der Waals surface area contributed by atoms with E-state index >= 15 is 0 Å². The van der Waals surface area contributed by atoms with Crippen LogP contribution in [0, 0.1) is 10.1 Å². The molecule has 0 aliphatic rings. The van der Waals surface area contributed by atoms with Crippen molar-refractivity contribution in [2.45, 2.75) is 6.42 Å². The van der Waals surface area contributed by atoms with Crippen molar-refractivity contribution < 1.29 is 19.2 Å². The summed E-state index contributed by atoms with van der Waals surface area (Å²) in [5.41, 5.74) is 0.156. The number of anilines is 1. The molecule has 9 heteroatoms. The lowest BCUT2D eigenvalue weighted by Crippen LogP contribution is -2.28. The maximum atomic E-state index is 12.2. The first kappa shape index (κ1) is 21.5. The number of hydrogen-bond acceptors (Lipinski definition) is 6. The molecule has 0 bridgehead atoms. The highest BCUT2D eigenvalue weighted by Crippen LogP contribution is 2.28. The number of halogens is 1. The Balaban J connectivity index is 1.77. The van der Waals surface area contributed by atoms with Crippen LogP contribution in [0.1, 0.15) is 6.42 Å². The van der Waals surface area contributed by atoms with Crippen LogP contribution in [0.3, 0.4) is 0 Å². The van der Waals surface area contributed by atoms with Crippen LogP contribution in [0.15, 0.2) is 42.5 Å². The van der Waals surface area contributed by atoms with Gasteiger partial charge in [-0.3, -0.25) is 14.9 Å². The first-order valence-electron chi connectivity index (χ1n) is 8.58. The molecule has 8 nitrogen and oxygen atoms in total. The van der Waals surface area contributed by atoms with Crippen molar-refractivity contribution in [3.63, 3.8) is 0 Å². The lowest BCUT2D eigenvalue weighted by atomic mass is 10.2. The smallest absolute Gasteiger partial charge is 0.271 e. The number of carbonyl (C=O) groups excluding carboxylic acids is 1. The molecule has 0 aromatic heterocycles. The van der Waals surface area contributed by atoms with Crippen molar-refractivity contribution in [3.05, 3.63) is 57.6 Å². The number of nitrogens with one attached hydrogen (secondary N) is 1. The van der Waals surface area contributed by atoms with Gasteiger partial charge < -0.3 is 19.7 Å². The fraction of sp³-hybridized carbons (Fsp3) is 0.316. The number of carbonyl (C=O) groups is 1. The average molecular weight is 408 g/mol. The summed E-state index contributed by atoms with van der Waals surface area (Å²) in [7, 11) is 3.32. The average Bonchev–Trinajstić information content (AvgIpc) is 2.68. The fourth-order valence-corrected chi connectivity index (χ4v) is 2.50. The Labute approximate surface area is 168 Å². The molecule has 0 spiro atoms. The summed E-state index contributed by atoms with van der Waals surface area (Å²) in [5.74, 6) is 0.834. The van der Waals surface area contributed by atoms with E-state index in [4.69, 9.17) is 21.1 Å². The predicted molar refractivity (Wildman–Crippen MR) is 107 cm³/mol. The van der Waals surface area contributed by atoms with Gasteiger partial charge in [0.05, 0.1) is 17.7 Å². The fourth-order valence-electron chi connectivity index (χ4n) is 2.37. The zero-order valence-corrected chi connectivity index (χ0v) is 16.4. The van der Waals surface area contributed by atoms with E-state index in [-0.39, 0.29) is 23.7 Å². The number of likely N-dealkylation sites (N-methyl/N-ethyl adjacent to an activating group) is 1. The SMILES string of the molecule is COc1ccc([N+](=O)[O-])cc1NC(=O)CCN(C)CCOc1ccc(Cl)cc1. The van der Waals surface area contributed by atoms with Gasteiger partial charge in [-0.05, 0) is 37.4 Å². The molecular formula is C19H22ClN3O5. The minimum Gasteiger partial charge on any atom is -0.495 e. The lowest BCUT2D eigenvalue weighted by molar-refractivity contribution is -0.384. The van der Waals surface area contributed by atoms with Crippen molar-refractivity contribution in [3.8, 4) is 11.5 Å². The van der Waals surface area contributed by atoms with Gasteiger partial charge >= 0.3 is 0 Å². The summed E-state index contributed by atoms with van der Waals surface area (Å²) < 4.78 is 10.8. The molecule has 2 aromatic rings. The molecule has 0 aliphatic carbocycles.